The van der Waals surface area contributed by atoms with Gasteiger partial charge in [0.2, 0.25) is 0 Å². The van der Waals surface area contributed by atoms with Crippen LogP contribution in [-0.2, 0) is 4.74 Å². The summed E-state index contributed by atoms with van der Waals surface area (Å²) >= 11 is 1.72. The molecule has 0 spiro atoms. The fourth-order valence-corrected chi connectivity index (χ4v) is 4.95. The summed E-state index contributed by atoms with van der Waals surface area (Å²) in [4.78, 5) is 12.2. The normalized spacial score (nSPS) is 12.0. The Bertz CT molecular complexity index is 1270. The van der Waals surface area contributed by atoms with Gasteiger partial charge >= 0.3 is 6.09 Å². The Morgan fingerprint density at radius 3 is 2.45 bits per heavy atom. The zero-order valence-corrected chi connectivity index (χ0v) is 17.7. The van der Waals surface area contributed by atoms with Gasteiger partial charge in [-0.3, -0.25) is 0 Å². The van der Waals surface area contributed by atoms with E-state index in [-0.39, 0.29) is 5.92 Å². The van der Waals surface area contributed by atoms with Crippen molar-refractivity contribution in [1.29, 1.82) is 0 Å². The lowest BCUT2D eigenvalue weighted by molar-refractivity contribution is 0.143. The highest BCUT2D eigenvalue weighted by molar-refractivity contribution is 7.17. The van der Waals surface area contributed by atoms with Gasteiger partial charge in [-0.05, 0) is 45.8 Å². The molecule has 1 aromatic heterocycles. The van der Waals surface area contributed by atoms with Gasteiger partial charge in [-0.1, -0.05) is 66.4 Å². The summed E-state index contributed by atoms with van der Waals surface area (Å²) in [6.45, 7) is 0.787. The van der Waals surface area contributed by atoms with E-state index in [1.54, 1.807) is 11.3 Å². The minimum Gasteiger partial charge on any atom is -0.449 e. The fourth-order valence-electron chi connectivity index (χ4n) is 4.14. The van der Waals surface area contributed by atoms with Crippen LogP contribution in [0.4, 0.5) is 4.79 Å². The van der Waals surface area contributed by atoms with E-state index in [4.69, 9.17) is 4.74 Å². The second-order valence-corrected chi connectivity index (χ2v) is 8.39. The fraction of sp³-hybridized carbons (Fsp3) is 0.148. The zero-order valence-electron chi connectivity index (χ0n) is 16.9. The molecule has 3 nitrogen and oxygen atoms in total. The maximum atomic E-state index is 12.2. The van der Waals surface area contributed by atoms with Gasteiger partial charge in [-0.25, -0.2) is 4.79 Å². The van der Waals surface area contributed by atoms with E-state index in [1.807, 2.05) is 36.4 Å². The van der Waals surface area contributed by atoms with Crippen molar-refractivity contribution in [2.45, 2.75) is 12.3 Å². The first kappa shape index (κ1) is 19.4. The third kappa shape index (κ3) is 3.93. The third-order valence-corrected chi connectivity index (χ3v) is 6.46. The van der Waals surface area contributed by atoms with Crippen LogP contribution in [0, 0.1) is 11.8 Å². The molecule has 152 valence electrons. The molecule has 4 aromatic rings. The molecule has 1 aliphatic rings. The summed E-state index contributed by atoms with van der Waals surface area (Å²) in [6.07, 6.45) is 0.175. The van der Waals surface area contributed by atoms with Crippen LogP contribution in [0.15, 0.2) is 78.2 Å². The molecule has 3 aromatic carbocycles. The summed E-state index contributed by atoms with van der Waals surface area (Å²) in [5.41, 5.74) is 5.90. The predicted octanol–water partition coefficient (Wildman–Crippen LogP) is 6.18. The molecule has 0 saturated carbocycles. The van der Waals surface area contributed by atoms with Crippen molar-refractivity contribution in [3.05, 3.63) is 94.9 Å². The van der Waals surface area contributed by atoms with Crippen LogP contribution >= 0.6 is 11.3 Å². The molecule has 5 rings (SSSR count). The largest absolute Gasteiger partial charge is 0.449 e. The van der Waals surface area contributed by atoms with E-state index in [2.05, 4.69) is 58.9 Å². The number of alkyl carbamates (subject to hydrolysis) is 1. The maximum Gasteiger partial charge on any atom is 0.407 e. The van der Waals surface area contributed by atoms with Crippen LogP contribution in [0.5, 0.6) is 0 Å². The molecule has 4 heteroatoms. The van der Waals surface area contributed by atoms with Crippen LogP contribution in [0.2, 0.25) is 0 Å². The molecule has 0 unspecified atom stereocenters. The molecule has 0 saturated heterocycles. The van der Waals surface area contributed by atoms with Gasteiger partial charge in [0.15, 0.2) is 0 Å². The summed E-state index contributed by atoms with van der Waals surface area (Å²) in [5.74, 6) is 6.43. The second-order valence-electron chi connectivity index (χ2n) is 7.44. The van der Waals surface area contributed by atoms with Gasteiger partial charge in [0, 0.05) is 34.5 Å². The summed E-state index contributed by atoms with van der Waals surface area (Å²) in [5, 5.41) is 6.07. The molecule has 1 amide bonds. The van der Waals surface area contributed by atoms with Crippen molar-refractivity contribution in [3.8, 4) is 23.0 Å². The lowest BCUT2D eigenvalue weighted by Crippen LogP contribution is -2.26. The Kier molecular flexibility index (Phi) is 5.43. The lowest BCUT2D eigenvalue weighted by atomic mass is 9.98. The van der Waals surface area contributed by atoms with Crippen molar-refractivity contribution in [3.63, 3.8) is 0 Å². The summed E-state index contributed by atoms with van der Waals surface area (Å²) < 4.78 is 6.79. The van der Waals surface area contributed by atoms with E-state index in [0.717, 1.165) is 5.56 Å². The Hall–Kier alpha value is -3.55. The van der Waals surface area contributed by atoms with Gasteiger partial charge in [-0.15, -0.1) is 11.3 Å². The third-order valence-electron chi connectivity index (χ3n) is 5.58. The number of nitrogens with one attached hydrogen (secondary N) is 1. The maximum absolute atomic E-state index is 12.2. The first-order valence-electron chi connectivity index (χ1n) is 10.4. The Morgan fingerprint density at radius 2 is 1.68 bits per heavy atom. The van der Waals surface area contributed by atoms with E-state index in [9.17, 15) is 4.79 Å². The molecule has 0 radical (unpaired) electrons. The highest BCUT2D eigenvalue weighted by Gasteiger charge is 2.28. The first-order valence-corrected chi connectivity index (χ1v) is 11.2. The highest BCUT2D eigenvalue weighted by atomic mass is 32.1. The molecule has 0 fully saturated rings. The Labute approximate surface area is 185 Å². The van der Waals surface area contributed by atoms with Gasteiger partial charge < -0.3 is 10.1 Å². The van der Waals surface area contributed by atoms with Crippen LogP contribution < -0.4 is 5.32 Å². The van der Waals surface area contributed by atoms with Crippen LogP contribution in [-0.4, -0.2) is 19.2 Å². The van der Waals surface area contributed by atoms with Gasteiger partial charge in [-0.2, -0.15) is 0 Å². The molecule has 0 atom stereocenters. The van der Waals surface area contributed by atoms with Gasteiger partial charge in [0.1, 0.15) is 6.61 Å². The molecule has 1 N–H and O–H groups in total. The number of benzene rings is 3. The number of rotatable bonds is 4. The Balaban J connectivity index is 1.15. The van der Waals surface area contributed by atoms with Gasteiger partial charge in [0.25, 0.3) is 0 Å². The van der Waals surface area contributed by atoms with Crippen molar-refractivity contribution in [1.82, 2.24) is 5.32 Å². The lowest BCUT2D eigenvalue weighted by Gasteiger charge is -2.14. The number of carbonyl (C=O) groups excluding carboxylic acids is 1. The van der Waals surface area contributed by atoms with Crippen LogP contribution in [0.25, 0.3) is 21.2 Å². The van der Waals surface area contributed by atoms with E-state index in [1.165, 1.54) is 32.3 Å². The number of carbonyl (C=O) groups is 1. The molecule has 0 bridgehead atoms. The second kappa shape index (κ2) is 8.67. The van der Waals surface area contributed by atoms with Crippen molar-refractivity contribution in [2.75, 3.05) is 13.2 Å². The van der Waals surface area contributed by atoms with Crippen molar-refractivity contribution >= 4 is 27.5 Å². The molecule has 0 aliphatic heterocycles. The minimum atomic E-state index is -0.399. The first-order chi connectivity index (χ1) is 15.3. The average molecular weight is 424 g/mol. The minimum absolute atomic E-state index is 0.0732. The van der Waals surface area contributed by atoms with Gasteiger partial charge in [0.05, 0.1) is 0 Å². The summed E-state index contributed by atoms with van der Waals surface area (Å²) in [6, 6.07) is 24.9. The molecular weight excluding hydrogens is 402 g/mol. The number of hydrogen-bond donors (Lipinski definition) is 1. The smallest absolute Gasteiger partial charge is 0.407 e. The highest BCUT2D eigenvalue weighted by Crippen LogP contribution is 2.44. The molecule has 1 aliphatic carbocycles. The van der Waals surface area contributed by atoms with Crippen molar-refractivity contribution in [2.24, 2.45) is 0 Å². The standard InChI is InChI=1S/C27H21NO2S/c29-27(28-16-6-5-8-19-9-7-14-26-20(19)15-17-31-26)30-18-25-23-12-3-1-10-21(23)22-11-2-4-13-24(22)25/h1-4,7,9-15,17,25H,6,16,18H2,(H,28,29). The zero-order chi connectivity index (χ0) is 21.0. The van der Waals surface area contributed by atoms with E-state index < -0.39 is 6.09 Å². The Morgan fingerprint density at radius 1 is 0.935 bits per heavy atom. The monoisotopic (exact) mass is 423 g/mol. The quantitative estimate of drug-likeness (QED) is 0.314. The van der Waals surface area contributed by atoms with Crippen LogP contribution in [0.3, 0.4) is 0 Å². The number of thiophene rings is 1. The molecule has 31 heavy (non-hydrogen) atoms. The van der Waals surface area contributed by atoms with E-state index >= 15 is 0 Å². The summed E-state index contributed by atoms with van der Waals surface area (Å²) in [7, 11) is 0. The number of fused-ring (bicyclic) bond motifs is 4. The SMILES string of the molecule is O=C(NCCC#Cc1cccc2sccc12)OCC1c2ccccc2-c2ccccc21. The van der Waals surface area contributed by atoms with E-state index in [0.29, 0.717) is 19.6 Å². The van der Waals surface area contributed by atoms with Crippen molar-refractivity contribution < 1.29 is 9.53 Å². The molecular formula is C27H21NO2S. The number of amides is 1. The average Bonchev–Trinajstić information content (AvgIpc) is 3.41. The molecule has 1 heterocycles. The van der Waals surface area contributed by atoms with Crippen LogP contribution in [0.1, 0.15) is 29.0 Å². The predicted molar refractivity (Wildman–Crippen MR) is 126 cm³/mol. The topological polar surface area (TPSA) is 38.3 Å². The number of ether oxygens (including phenoxy) is 1. The number of hydrogen-bond acceptors (Lipinski definition) is 3.